The van der Waals surface area contributed by atoms with Gasteiger partial charge in [-0.2, -0.15) is 0 Å². The quantitative estimate of drug-likeness (QED) is 0.655. The number of para-hydroxylation sites is 1. The van der Waals surface area contributed by atoms with Gasteiger partial charge in [-0.05, 0) is 59.9 Å². The second kappa shape index (κ2) is 6.11. The lowest BCUT2D eigenvalue weighted by molar-refractivity contribution is 0.0661. The van der Waals surface area contributed by atoms with Gasteiger partial charge in [0.25, 0.3) is 10.0 Å². The first-order chi connectivity index (χ1) is 9.72. The summed E-state index contributed by atoms with van der Waals surface area (Å²) in [6.07, 6.45) is 0. The van der Waals surface area contributed by atoms with Crippen molar-refractivity contribution in [3.05, 3.63) is 43.6 Å². The number of carboxylic acid groups (broad SMARTS) is 1. The van der Waals surface area contributed by atoms with Crippen LogP contribution >= 0.6 is 47.8 Å². The predicted octanol–water partition coefficient (Wildman–Crippen LogP) is 4.07. The lowest BCUT2D eigenvalue weighted by Crippen LogP contribution is -2.13. The highest BCUT2D eigenvalue weighted by atomic mass is 79.9. The van der Waals surface area contributed by atoms with E-state index in [-0.39, 0.29) is 9.56 Å². The number of furan rings is 1. The molecule has 0 atom stereocenters. The van der Waals surface area contributed by atoms with Gasteiger partial charge in [0, 0.05) is 15.0 Å². The Balaban J connectivity index is 2.46. The van der Waals surface area contributed by atoms with Crippen molar-refractivity contribution in [3.8, 4) is 0 Å². The van der Waals surface area contributed by atoms with E-state index in [1.165, 1.54) is 0 Å². The maximum absolute atomic E-state index is 12.3. The number of hydrogen-bond acceptors (Lipinski definition) is 4. The smallest absolute Gasteiger partial charge is 0.371 e. The molecule has 112 valence electrons. The van der Waals surface area contributed by atoms with Crippen LogP contribution in [0.15, 0.2) is 47.2 Å². The number of sulfonamides is 1. The van der Waals surface area contributed by atoms with E-state index in [1.54, 1.807) is 18.2 Å². The van der Waals surface area contributed by atoms with Crippen LogP contribution in [0, 0.1) is 0 Å². The monoisotopic (exact) mass is 501 g/mol. The number of carboxylic acids is 1. The molecule has 2 aromatic rings. The van der Waals surface area contributed by atoms with Crippen molar-refractivity contribution in [3.63, 3.8) is 0 Å². The van der Waals surface area contributed by atoms with Crippen molar-refractivity contribution in [2.24, 2.45) is 0 Å². The van der Waals surface area contributed by atoms with Gasteiger partial charge in [0.15, 0.2) is 4.67 Å². The van der Waals surface area contributed by atoms with Gasteiger partial charge in [-0.25, -0.2) is 13.2 Å². The van der Waals surface area contributed by atoms with Crippen LogP contribution < -0.4 is 4.72 Å². The summed E-state index contributed by atoms with van der Waals surface area (Å²) >= 11 is 9.37. The Morgan fingerprint density at radius 1 is 1.19 bits per heavy atom. The molecule has 0 fully saturated rings. The number of anilines is 1. The molecule has 0 bridgehead atoms. The van der Waals surface area contributed by atoms with E-state index in [4.69, 9.17) is 9.52 Å². The molecule has 21 heavy (non-hydrogen) atoms. The van der Waals surface area contributed by atoms with E-state index >= 15 is 0 Å². The number of nitrogens with one attached hydrogen (secondary N) is 1. The lowest BCUT2D eigenvalue weighted by Gasteiger charge is -2.10. The molecule has 0 amide bonds. The Bertz CT molecular complexity index is 795. The number of aromatic carboxylic acids is 1. The van der Waals surface area contributed by atoms with Gasteiger partial charge in [0.2, 0.25) is 5.76 Å². The summed E-state index contributed by atoms with van der Waals surface area (Å²) in [5.41, 5.74) is 0.294. The van der Waals surface area contributed by atoms with Crippen molar-refractivity contribution in [2.75, 3.05) is 4.72 Å². The third-order valence-electron chi connectivity index (χ3n) is 2.35. The summed E-state index contributed by atoms with van der Waals surface area (Å²) < 4.78 is 32.7. The van der Waals surface area contributed by atoms with Crippen LogP contribution in [0.5, 0.6) is 0 Å². The van der Waals surface area contributed by atoms with Crippen LogP contribution in [0.1, 0.15) is 10.6 Å². The number of halogens is 3. The largest absolute Gasteiger partial charge is 0.475 e. The topological polar surface area (TPSA) is 96.6 Å². The average Bonchev–Trinajstić information content (AvgIpc) is 2.77. The van der Waals surface area contributed by atoms with Gasteiger partial charge in [-0.1, -0.05) is 6.07 Å². The molecular weight excluding hydrogens is 498 g/mol. The molecule has 0 saturated heterocycles. The van der Waals surface area contributed by atoms with Crippen molar-refractivity contribution < 1.29 is 22.7 Å². The van der Waals surface area contributed by atoms with E-state index in [1.807, 2.05) is 0 Å². The highest BCUT2D eigenvalue weighted by Crippen LogP contribution is 2.34. The van der Waals surface area contributed by atoms with Crippen LogP contribution in [0.3, 0.4) is 0 Å². The van der Waals surface area contributed by atoms with Crippen LogP contribution in [-0.4, -0.2) is 19.5 Å². The van der Waals surface area contributed by atoms with E-state index in [9.17, 15) is 13.2 Å². The van der Waals surface area contributed by atoms with Crippen LogP contribution in [-0.2, 0) is 10.0 Å². The Hall–Kier alpha value is -0.840. The first kappa shape index (κ1) is 16.5. The standard InChI is InChI=1S/C11H6Br3NO5S/c12-5-2-1-3-6(13)9(5)15-21(18,19)8-4-7(11(16)17)20-10(8)14/h1-4,15H,(H,16,17). The molecule has 1 heterocycles. The highest BCUT2D eigenvalue weighted by molar-refractivity contribution is 9.11. The maximum atomic E-state index is 12.3. The molecular formula is C11H6Br3NO5S. The van der Waals surface area contributed by atoms with E-state index in [2.05, 4.69) is 52.5 Å². The van der Waals surface area contributed by atoms with Crippen LogP contribution in [0.4, 0.5) is 5.69 Å². The van der Waals surface area contributed by atoms with Crippen molar-refractivity contribution in [1.82, 2.24) is 0 Å². The maximum Gasteiger partial charge on any atom is 0.371 e. The molecule has 0 spiro atoms. The Kier molecular flexibility index (Phi) is 4.81. The van der Waals surface area contributed by atoms with Gasteiger partial charge < -0.3 is 9.52 Å². The van der Waals surface area contributed by atoms with Gasteiger partial charge in [0.05, 0.1) is 5.69 Å². The summed E-state index contributed by atoms with van der Waals surface area (Å²) in [4.78, 5) is 10.5. The van der Waals surface area contributed by atoms with Crippen LogP contribution in [0.25, 0.3) is 0 Å². The minimum atomic E-state index is -4.02. The fourth-order valence-electron chi connectivity index (χ4n) is 1.43. The SMILES string of the molecule is O=C(O)c1cc(S(=O)(=O)Nc2c(Br)cccc2Br)c(Br)o1. The molecule has 10 heteroatoms. The van der Waals surface area contributed by atoms with E-state index in [0.717, 1.165) is 6.07 Å². The summed E-state index contributed by atoms with van der Waals surface area (Å²) in [6.45, 7) is 0. The minimum Gasteiger partial charge on any atom is -0.475 e. The number of hydrogen-bond donors (Lipinski definition) is 2. The van der Waals surface area contributed by atoms with E-state index in [0.29, 0.717) is 14.6 Å². The summed E-state index contributed by atoms with van der Waals surface area (Å²) in [6, 6.07) is 5.98. The van der Waals surface area contributed by atoms with Gasteiger partial charge in [-0.3, -0.25) is 4.72 Å². The molecule has 1 aromatic heterocycles. The Morgan fingerprint density at radius 3 is 2.24 bits per heavy atom. The molecule has 0 aliphatic heterocycles. The number of carbonyl (C=O) groups is 1. The fourth-order valence-corrected chi connectivity index (χ4v) is 4.93. The predicted molar refractivity (Wildman–Crippen MR) is 86.0 cm³/mol. The third kappa shape index (κ3) is 3.50. The Labute approximate surface area is 145 Å². The fraction of sp³-hybridized carbons (Fsp3) is 0. The van der Waals surface area contributed by atoms with E-state index < -0.39 is 21.8 Å². The van der Waals surface area contributed by atoms with Crippen molar-refractivity contribution >= 4 is 69.5 Å². The van der Waals surface area contributed by atoms with Crippen LogP contribution in [0.2, 0.25) is 0 Å². The first-order valence-electron chi connectivity index (χ1n) is 5.22. The number of benzene rings is 1. The molecule has 0 aliphatic rings. The van der Waals surface area contributed by atoms with Crippen molar-refractivity contribution in [1.29, 1.82) is 0 Å². The van der Waals surface area contributed by atoms with Gasteiger partial charge in [0.1, 0.15) is 4.90 Å². The summed E-state index contributed by atoms with van der Waals surface area (Å²) in [5.74, 6) is -1.84. The molecule has 6 nitrogen and oxygen atoms in total. The zero-order valence-corrected chi connectivity index (χ0v) is 15.5. The normalized spacial score (nSPS) is 11.4. The highest BCUT2D eigenvalue weighted by Gasteiger charge is 2.26. The average molecular weight is 504 g/mol. The van der Waals surface area contributed by atoms with Gasteiger partial charge >= 0.3 is 5.97 Å². The Morgan fingerprint density at radius 2 is 1.76 bits per heavy atom. The third-order valence-corrected chi connectivity index (χ3v) is 5.88. The molecule has 1 aromatic carbocycles. The zero-order valence-electron chi connectivity index (χ0n) is 9.93. The second-order valence-corrected chi connectivity index (χ2v) is 7.84. The molecule has 0 radical (unpaired) electrons. The second-order valence-electron chi connectivity index (χ2n) is 3.76. The minimum absolute atomic E-state index is 0.185. The first-order valence-corrected chi connectivity index (χ1v) is 9.08. The summed E-state index contributed by atoms with van der Waals surface area (Å²) in [7, 11) is -4.02. The number of rotatable bonds is 4. The van der Waals surface area contributed by atoms with Gasteiger partial charge in [-0.15, -0.1) is 0 Å². The summed E-state index contributed by atoms with van der Waals surface area (Å²) in [5, 5.41) is 8.82. The zero-order chi connectivity index (χ0) is 15.8. The molecule has 0 aliphatic carbocycles. The molecule has 0 unspecified atom stereocenters. The lowest BCUT2D eigenvalue weighted by atomic mass is 10.3. The molecule has 2 rings (SSSR count). The van der Waals surface area contributed by atoms with Crippen molar-refractivity contribution in [2.45, 2.75) is 4.90 Å². The molecule has 2 N–H and O–H groups in total. The molecule has 0 saturated carbocycles.